The zero-order valence-corrected chi connectivity index (χ0v) is 49.5. The van der Waals surface area contributed by atoms with Crippen LogP contribution in [0.25, 0.3) is 0 Å². The van der Waals surface area contributed by atoms with Gasteiger partial charge in [-0.3, -0.25) is 4.79 Å². The van der Waals surface area contributed by atoms with E-state index in [-0.39, 0.29) is 30.1 Å². The highest BCUT2D eigenvalue weighted by molar-refractivity contribution is 5.80. The fourth-order valence-corrected chi connectivity index (χ4v) is 17.5. The minimum atomic E-state index is -2.22. The Kier molecular flexibility index (Phi) is 18.8. The molecule has 28 nitrogen and oxygen atoms in total. The third kappa shape index (κ3) is 10.9. The molecule has 5 heterocycles. The molecule has 0 aromatic rings. The molecule has 5 aliphatic heterocycles. The van der Waals surface area contributed by atoms with Crippen molar-refractivity contribution in [3.63, 3.8) is 0 Å². The van der Waals surface area contributed by atoms with Crippen molar-refractivity contribution in [1.29, 1.82) is 0 Å². The number of carbonyl (C=O) groups excluding carboxylic acids is 1. The van der Waals surface area contributed by atoms with Crippen molar-refractivity contribution in [2.24, 2.45) is 50.2 Å². The highest BCUT2D eigenvalue weighted by Gasteiger charge is 2.72. The zero-order chi connectivity index (χ0) is 62.9. The van der Waals surface area contributed by atoms with Crippen LogP contribution in [0.4, 0.5) is 0 Å². The van der Waals surface area contributed by atoms with Crippen LogP contribution in [0.5, 0.6) is 0 Å². The van der Waals surface area contributed by atoms with Crippen molar-refractivity contribution < 1.29 is 139 Å². The van der Waals surface area contributed by atoms with E-state index in [2.05, 4.69) is 40.7 Å². The fourth-order valence-electron chi connectivity index (χ4n) is 17.5. The first-order valence-corrected chi connectivity index (χ1v) is 30.2. The molecular formula is C58H92O28. The predicted molar refractivity (Wildman–Crippen MR) is 285 cm³/mol. The van der Waals surface area contributed by atoms with Crippen LogP contribution in [0.2, 0.25) is 0 Å². The van der Waals surface area contributed by atoms with Gasteiger partial charge in [-0.1, -0.05) is 60.1 Å². The van der Waals surface area contributed by atoms with Crippen LogP contribution in [0.3, 0.4) is 0 Å². The number of hydrogen-bond acceptors (Lipinski definition) is 27. The molecule has 16 N–H and O–H groups in total. The number of esters is 1. The minimum Gasteiger partial charge on any atom is -0.479 e. The third-order valence-electron chi connectivity index (χ3n) is 22.7. The topological polar surface area (TPSA) is 450 Å². The number of carboxylic acids is 1. The van der Waals surface area contributed by atoms with E-state index < -0.39 is 225 Å². The monoisotopic (exact) mass is 1240 g/mol. The second-order valence-electron chi connectivity index (χ2n) is 28.3. The first-order valence-electron chi connectivity index (χ1n) is 30.2. The van der Waals surface area contributed by atoms with Crippen molar-refractivity contribution in [3.05, 3.63) is 11.6 Å². The Balaban J connectivity index is 0.947. The quantitative estimate of drug-likeness (QED) is 0.0477. The minimum absolute atomic E-state index is 0.0226. The molecule has 10 aliphatic rings. The van der Waals surface area contributed by atoms with Gasteiger partial charge in [0.2, 0.25) is 6.29 Å². The van der Waals surface area contributed by atoms with Crippen molar-refractivity contribution >= 4 is 11.9 Å². The number of carbonyl (C=O) groups is 2. The third-order valence-corrected chi connectivity index (χ3v) is 22.7. The van der Waals surface area contributed by atoms with E-state index in [0.29, 0.717) is 44.9 Å². The molecule has 10 rings (SSSR count). The van der Waals surface area contributed by atoms with E-state index >= 15 is 0 Å². The van der Waals surface area contributed by atoms with Gasteiger partial charge >= 0.3 is 11.9 Å². The van der Waals surface area contributed by atoms with E-state index in [1.807, 2.05) is 13.8 Å². The van der Waals surface area contributed by atoms with Gasteiger partial charge < -0.3 is 129 Å². The van der Waals surface area contributed by atoms with Crippen molar-refractivity contribution in [1.82, 2.24) is 0 Å². The van der Waals surface area contributed by atoms with Crippen LogP contribution >= 0.6 is 0 Å². The van der Waals surface area contributed by atoms with Crippen LogP contribution in [-0.4, -0.2) is 274 Å². The summed E-state index contributed by atoms with van der Waals surface area (Å²) in [6.45, 7) is 12.2. The molecule has 0 radical (unpaired) electrons. The van der Waals surface area contributed by atoms with Crippen LogP contribution in [0, 0.1) is 50.2 Å². The lowest BCUT2D eigenvalue weighted by atomic mass is 9.33. The van der Waals surface area contributed by atoms with Gasteiger partial charge in [0.25, 0.3) is 0 Å². The number of carboxylic acid groups (broad SMARTS) is 1. The smallest absolute Gasteiger partial charge is 0.335 e. The van der Waals surface area contributed by atoms with E-state index in [9.17, 15) is 91.3 Å². The summed E-state index contributed by atoms with van der Waals surface area (Å²) in [6, 6.07) is 0. The lowest BCUT2D eigenvalue weighted by Crippen LogP contribution is -2.69. The number of hydrogen-bond donors (Lipinski definition) is 16. The summed E-state index contributed by atoms with van der Waals surface area (Å²) >= 11 is 0. The van der Waals surface area contributed by atoms with Crippen molar-refractivity contribution in [3.8, 4) is 0 Å². The highest BCUT2D eigenvalue weighted by atomic mass is 16.8. The number of fused-ring (bicyclic) bond motifs is 7. The summed E-state index contributed by atoms with van der Waals surface area (Å²) in [4.78, 5) is 28.0. The molecule has 9 fully saturated rings. The molecule has 5 saturated heterocycles. The summed E-state index contributed by atoms with van der Waals surface area (Å²) < 4.78 is 60.1. The second-order valence-corrected chi connectivity index (χ2v) is 28.3. The van der Waals surface area contributed by atoms with E-state index in [0.717, 1.165) is 5.57 Å². The number of aliphatic hydroxyl groups is 15. The molecule has 5 aliphatic carbocycles. The van der Waals surface area contributed by atoms with Gasteiger partial charge in [0.15, 0.2) is 31.3 Å². The molecule has 4 saturated carbocycles. The number of aliphatic carboxylic acids is 1. The molecule has 28 heteroatoms. The standard InChI is InChI=1S/C58H92O28/c1-53(2)14-15-58(52(76)86-49-40(72)37(69)35(67)27(19-60)80-49)23(16-53)22-8-9-29-55(5)12-11-31(54(3,4)28(55)10-13-56(29,6)57(22,7)17-30(58)63)81-51-45(85-48-39(71)36(68)34(66)26(18-59)79-48)42(41(73)43(83-51)46(74)75)82-50-44(33(65)25(62)21-78-50)84-47-38(70)32(64)24(61)20-77-47/h8,23-45,47-51,59-73H,9-21H2,1-7H3,(H,74,75). The van der Waals surface area contributed by atoms with Gasteiger partial charge in [0.05, 0.1) is 38.6 Å². The highest BCUT2D eigenvalue weighted by Crippen LogP contribution is 2.76. The molecule has 0 aromatic carbocycles. The van der Waals surface area contributed by atoms with Gasteiger partial charge in [-0.15, -0.1) is 0 Å². The largest absolute Gasteiger partial charge is 0.479 e. The summed E-state index contributed by atoms with van der Waals surface area (Å²) in [7, 11) is 0. The Labute approximate surface area is 497 Å². The molecular weight excluding hydrogens is 1140 g/mol. The zero-order valence-electron chi connectivity index (χ0n) is 49.5. The SMILES string of the molecule is CC1(C)CCC2(C(=O)OC3OC(CO)C(O)C(O)C3O)C(O)CC3(C)C(=CCC4C5(C)CCC(OC6OC(C(=O)O)C(O)C(OC7OCC(O)C(O)C7OC7OCC(O)C(O)C7O)C6OC6OC(CO)C(O)C(O)C6O)C(C)(C)C5CCC43C)C2C1. The number of allylic oxidation sites excluding steroid dienone is 2. The first-order chi connectivity index (χ1) is 40.2. The van der Waals surface area contributed by atoms with Crippen molar-refractivity contribution in [2.75, 3.05) is 26.4 Å². The maximum Gasteiger partial charge on any atom is 0.335 e. The molecule has 0 bridgehead atoms. The van der Waals surface area contributed by atoms with Gasteiger partial charge in [-0.25, -0.2) is 4.79 Å². The summed E-state index contributed by atoms with van der Waals surface area (Å²) in [5.41, 5.74) is -3.11. The van der Waals surface area contributed by atoms with Gasteiger partial charge in [-0.05, 0) is 103 Å². The van der Waals surface area contributed by atoms with E-state index in [1.54, 1.807) is 0 Å². The molecule has 0 aromatic heterocycles. The Bertz CT molecular complexity index is 2450. The Morgan fingerprint density at radius 1 is 0.547 bits per heavy atom. The summed E-state index contributed by atoms with van der Waals surface area (Å²) in [5.74, 6) is -3.17. The number of rotatable bonds is 13. The van der Waals surface area contributed by atoms with Crippen LogP contribution in [0.15, 0.2) is 11.6 Å². The van der Waals surface area contributed by atoms with Gasteiger partial charge in [0.1, 0.15) is 109 Å². The summed E-state index contributed by atoms with van der Waals surface area (Å²) in [6.07, 6.45) is -37.7. The maximum absolute atomic E-state index is 14.9. The van der Waals surface area contributed by atoms with Crippen LogP contribution < -0.4 is 0 Å². The molecule has 492 valence electrons. The molecule has 0 amide bonds. The molecule has 86 heavy (non-hydrogen) atoms. The fraction of sp³-hybridized carbons (Fsp3) is 0.931. The predicted octanol–water partition coefficient (Wildman–Crippen LogP) is -3.87. The average molecular weight is 1240 g/mol. The Morgan fingerprint density at radius 2 is 1.12 bits per heavy atom. The van der Waals surface area contributed by atoms with Crippen LogP contribution in [0.1, 0.15) is 106 Å². The van der Waals surface area contributed by atoms with Gasteiger partial charge in [-0.2, -0.15) is 0 Å². The number of aliphatic hydroxyl groups excluding tert-OH is 15. The van der Waals surface area contributed by atoms with E-state index in [4.69, 9.17) is 47.4 Å². The molecule has 32 atom stereocenters. The molecule has 32 unspecified atom stereocenters. The van der Waals surface area contributed by atoms with Crippen LogP contribution in [-0.2, 0) is 57.0 Å². The Hall–Kier alpha value is -2.28. The van der Waals surface area contributed by atoms with E-state index in [1.165, 1.54) is 0 Å². The van der Waals surface area contributed by atoms with Crippen molar-refractivity contribution in [2.45, 2.75) is 260 Å². The summed E-state index contributed by atoms with van der Waals surface area (Å²) in [5, 5.41) is 174. The maximum atomic E-state index is 14.9. The average Bonchev–Trinajstić information content (AvgIpc) is 0.680. The Morgan fingerprint density at radius 3 is 1.74 bits per heavy atom. The normalized spacial score (nSPS) is 53.6. The second kappa shape index (κ2) is 24.3. The molecule has 0 spiro atoms. The van der Waals surface area contributed by atoms with Gasteiger partial charge in [0, 0.05) is 0 Å². The number of ether oxygens (including phenoxy) is 10. The lowest BCUT2D eigenvalue weighted by Gasteiger charge is -2.71. The first kappa shape index (κ1) is 66.6. The lowest BCUT2D eigenvalue weighted by molar-refractivity contribution is -0.399.